The van der Waals surface area contributed by atoms with Crippen LogP contribution in [0.5, 0.6) is 0 Å². The zero-order valence-electron chi connectivity index (χ0n) is 15.0. The predicted octanol–water partition coefficient (Wildman–Crippen LogP) is 3.86. The number of halogens is 2. The third-order valence-corrected chi connectivity index (χ3v) is 8.73. The van der Waals surface area contributed by atoms with E-state index >= 15 is 0 Å². The molecule has 2 N–H and O–H groups in total. The van der Waals surface area contributed by atoms with Gasteiger partial charge in [-0.15, -0.1) is 6.42 Å². The molecule has 0 aromatic rings. The molecule has 0 amide bonds. The Morgan fingerprint density at radius 3 is 2.52 bits per heavy atom. The largest absolute Gasteiger partial charge is 0.393 e. The van der Waals surface area contributed by atoms with Crippen LogP contribution in [0, 0.1) is 53.3 Å². The van der Waals surface area contributed by atoms with Crippen LogP contribution in [0.25, 0.3) is 0 Å². The standard InChI is InChI=1S/C21H30F2O2/c1-3-21(25)9-7-17-14-5-4-12-10-13(24)11-16(19(22)23)18(12)15(14)6-8-20(17,21)2/h1,12-19,24-25H,4-11H2,2H3/t12?,13?,14-,15+,16?,17+,18+,20+,21-/m1/s1. The van der Waals surface area contributed by atoms with Crippen LogP contribution in [0.4, 0.5) is 8.78 Å². The Hall–Kier alpha value is -0.660. The van der Waals surface area contributed by atoms with E-state index in [0.717, 1.165) is 32.1 Å². The van der Waals surface area contributed by atoms with Crippen molar-refractivity contribution in [1.82, 2.24) is 0 Å². The summed E-state index contributed by atoms with van der Waals surface area (Å²) in [5, 5.41) is 21.0. The molecule has 4 aliphatic carbocycles. The first-order chi connectivity index (χ1) is 11.8. The quantitative estimate of drug-likeness (QED) is 0.704. The number of hydrogen-bond donors (Lipinski definition) is 2. The molecule has 4 aliphatic rings. The molecule has 0 aromatic carbocycles. The van der Waals surface area contributed by atoms with Gasteiger partial charge in [0.25, 0.3) is 0 Å². The average Bonchev–Trinajstić information content (AvgIpc) is 2.85. The molecule has 0 bridgehead atoms. The number of aliphatic hydroxyl groups excluding tert-OH is 1. The third-order valence-electron chi connectivity index (χ3n) is 8.73. The van der Waals surface area contributed by atoms with Crippen molar-refractivity contribution >= 4 is 0 Å². The van der Waals surface area contributed by atoms with Crippen LogP contribution in [-0.2, 0) is 0 Å². The molecule has 0 saturated heterocycles. The summed E-state index contributed by atoms with van der Waals surface area (Å²) in [7, 11) is 0. The molecular weight excluding hydrogens is 322 g/mol. The van der Waals surface area contributed by atoms with E-state index in [0.29, 0.717) is 30.6 Å². The lowest BCUT2D eigenvalue weighted by molar-refractivity contribution is -0.144. The Morgan fingerprint density at radius 2 is 1.84 bits per heavy atom. The Balaban J connectivity index is 1.64. The van der Waals surface area contributed by atoms with Crippen LogP contribution < -0.4 is 0 Å². The number of rotatable bonds is 1. The lowest BCUT2D eigenvalue weighted by Crippen LogP contribution is -2.55. The smallest absolute Gasteiger partial charge is 0.241 e. The highest BCUT2D eigenvalue weighted by Gasteiger charge is 2.63. The van der Waals surface area contributed by atoms with Crippen molar-refractivity contribution in [2.24, 2.45) is 40.9 Å². The van der Waals surface area contributed by atoms with Crippen LogP contribution in [-0.4, -0.2) is 28.3 Å². The molecule has 9 atom stereocenters. The predicted molar refractivity (Wildman–Crippen MR) is 91.8 cm³/mol. The molecule has 0 aliphatic heterocycles. The maximum Gasteiger partial charge on any atom is 0.241 e. The topological polar surface area (TPSA) is 40.5 Å². The normalized spacial score (nSPS) is 55.2. The highest BCUT2D eigenvalue weighted by atomic mass is 19.3. The van der Waals surface area contributed by atoms with E-state index in [1.165, 1.54) is 0 Å². The van der Waals surface area contributed by atoms with E-state index in [1.54, 1.807) is 0 Å². The van der Waals surface area contributed by atoms with E-state index in [9.17, 15) is 19.0 Å². The maximum atomic E-state index is 13.8. The van der Waals surface area contributed by atoms with Crippen molar-refractivity contribution in [2.45, 2.75) is 76.4 Å². The minimum Gasteiger partial charge on any atom is -0.393 e. The number of hydrogen-bond acceptors (Lipinski definition) is 2. The van der Waals surface area contributed by atoms with Gasteiger partial charge in [0.15, 0.2) is 0 Å². The number of terminal acetylenes is 1. The molecule has 4 saturated carbocycles. The Morgan fingerprint density at radius 1 is 1.08 bits per heavy atom. The molecule has 25 heavy (non-hydrogen) atoms. The summed E-state index contributed by atoms with van der Waals surface area (Å²) in [4.78, 5) is 0. The second-order valence-corrected chi connectivity index (χ2v) is 9.47. The summed E-state index contributed by atoms with van der Waals surface area (Å²) < 4.78 is 27.5. The van der Waals surface area contributed by atoms with Crippen LogP contribution in [0.3, 0.4) is 0 Å². The van der Waals surface area contributed by atoms with Crippen molar-refractivity contribution in [3.05, 3.63) is 0 Å². The Labute approximate surface area is 149 Å². The third kappa shape index (κ3) is 2.42. The molecule has 0 radical (unpaired) electrons. The van der Waals surface area contributed by atoms with Crippen LogP contribution >= 0.6 is 0 Å². The van der Waals surface area contributed by atoms with Gasteiger partial charge in [0, 0.05) is 11.3 Å². The van der Waals surface area contributed by atoms with Gasteiger partial charge in [0.05, 0.1) is 6.10 Å². The molecule has 4 rings (SSSR count). The van der Waals surface area contributed by atoms with Gasteiger partial charge in [-0.1, -0.05) is 12.8 Å². The summed E-state index contributed by atoms with van der Waals surface area (Å²) in [6, 6.07) is 0. The molecular formula is C21H30F2O2. The van der Waals surface area contributed by atoms with Gasteiger partial charge in [-0.3, -0.25) is 0 Å². The fraction of sp³-hybridized carbons (Fsp3) is 0.905. The first-order valence-electron chi connectivity index (χ1n) is 9.97. The SMILES string of the molecule is C#C[C@@]1(O)CC[C@H]2[C@@H]3CCC4CC(O)CC(C(F)F)[C@@H]4[C@H]3CC[C@@]21C. The van der Waals surface area contributed by atoms with Crippen LogP contribution in [0.2, 0.25) is 0 Å². The monoisotopic (exact) mass is 352 g/mol. The second kappa shape index (κ2) is 5.92. The summed E-state index contributed by atoms with van der Waals surface area (Å²) in [5.74, 6) is 3.33. The van der Waals surface area contributed by atoms with Crippen LogP contribution in [0.1, 0.15) is 58.3 Å². The number of aliphatic hydroxyl groups is 2. The van der Waals surface area contributed by atoms with Gasteiger partial charge in [0.2, 0.25) is 6.43 Å². The molecule has 2 nitrogen and oxygen atoms in total. The van der Waals surface area contributed by atoms with Gasteiger partial charge in [-0.2, -0.15) is 0 Å². The molecule has 0 aromatic heterocycles. The lowest BCUT2D eigenvalue weighted by Gasteiger charge is -2.58. The highest BCUT2D eigenvalue weighted by molar-refractivity contribution is 5.23. The van der Waals surface area contributed by atoms with Crippen molar-refractivity contribution in [1.29, 1.82) is 0 Å². The number of alkyl halides is 2. The molecule has 140 valence electrons. The van der Waals surface area contributed by atoms with E-state index in [1.807, 2.05) is 0 Å². The summed E-state index contributed by atoms with van der Waals surface area (Å²) in [6.45, 7) is 2.13. The van der Waals surface area contributed by atoms with Gasteiger partial charge >= 0.3 is 0 Å². The minimum atomic E-state index is -2.35. The first-order valence-corrected chi connectivity index (χ1v) is 9.97. The fourth-order valence-electron chi connectivity index (χ4n) is 7.54. The van der Waals surface area contributed by atoms with E-state index in [-0.39, 0.29) is 23.7 Å². The van der Waals surface area contributed by atoms with Crippen molar-refractivity contribution in [2.75, 3.05) is 0 Å². The van der Waals surface area contributed by atoms with Crippen LogP contribution in [0.15, 0.2) is 0 Å². The van der Waals surface area contributed by atoms with E-state index < -0.39 is 24.0 Å². The molecule has 4 fully saturated rings. The highest BCUT2D eigenvalue weighted by Crippen LogP contribution is 2.66. The maximum absolute atomic E-state index is 13.8. The fourth-order valence-corrected chi connectivity index (χ4v) is 7.54. The van der Waals surface area contributed by atoms with E-state index in [4.69, 9.17) is 6.42 Å². The van der Waals surface area contributed by atoms with Crippen molar-refractivity contribution < 1.29 is 19.0 Å². The van der Waals surface area contributed by atoms with Crippen molar-refractivity contribution in [3.8, 4) is 12.3 Å². The number of fused-ring (bicyclic) bond motifs is 5. The Bertz CT molecular complexity index is 573. The second-order valence-electron chi connectivity index (χ2n) is 9.47. The first kappa shape index (κ1) is 17.7. The molecule has 4 heteroatoms. The van der Waals surface area contributed by atoms with Gasteiger partial charge in [0.1, 0.15) is 5.60 Å². The molecule has 3 unspecified atom stereocenters. The minimum absolute atomic E-state index is 0.0335. The summed E-state index contributed by atoms with van der Waals surface area (Å²) in [6.07, 6.45) is 8.96. The molecule has 0 heterocycles. The summed E-state index contributed by atoms with van der Waals surface area (Å²) in [5.41, 5.74) is -1.31. The van der Waals surface area contributed by atoms with Gasteiger partial charge in [-0.05, 0) is 81.0 Å². The van der Waals surface area contributed by atoms with Gasteiger partial charge < -0.3 is 10.2 Å². The van der Waals surface area contributed by atoms with E-state index in [2.05, 4.69) is 12.8 Å². The lowest BCUT2D eigenvalue weighted by atomic mass is 9.47. The Kier molecular flexibility index (Phi) is 4.20. The van der Waals surface area contributed by atoms with Gasteiger partial charge in [-0.25, -0.2) is 8.78 Å². The zero-order chi connectivity index (χ0) is 18.0. The average molecular weight is 352 g/mol. The summed E-state index contributed by atoms with van der Waals surface area (Å²) >= 11 is 0. The van der Waals surface area contributed by atoms with Crippen molar-refractivity contribution in [3.63, 3.8) is 0 Å². The molecule has 0 spiro atoms. The zero-order valence-corrected chi connectivity index (χ0v) is 15.0.